The average molecular weight is 293 g/mol. The van der Waals surface area contributed by atoms with E-state index in [1.807, 2.05) is 0 Å². The Bertz CT molecular complexity index is 282. The van der Waals surface area contributed by atoms with E-state index < -0.39 is 0 Å². The van der Waals surface area contributed by atoms with Gasteiger partial charge >= 0.3 is 0 Å². The van der Waals surface area contributed by atoms with Gasteiger partial charge in [0, 0.05) is 0 Å². The van der Waals surface area contributed by atoms with Gasteiger partial charge in [-0.05, 0) is 61.2 Å². The molecule has 124 valence electrons. The summed E-state index contributed by atoms with van der Waals surface area (Å²) in [5.74, 6) is 5.86. The topological polar surface area (TPSA) is 0 Å². The molecule has 0 heteroatoms. The van der Waals surface area contributed by atoms with Gasteiger partial charge in [0.05, 0.1) is 0 Å². The second-order valence-electron chi connectivity index (χ2n) is 8.83. The van der Waals surface area contributed by atoms with Crippen molar-refractivity contribution in [2.45, 2.75) is 98.3 Å². The maximum atomic E-state index is 2.57. The SMILES string of the molecule is CC1CC2CCC(C1)C(C)C(C)CCCCCCCC2C. The summed E-state index contributed by atoms with van der Waals surface area (Å²) in [5, 5.41) is 0. The lowest BCUT2D eigenvalue weighted by Gasteiger charge is -2.29. The van der Waals surface area contributed by atoms with E-state index in [9.17, 15) is 0 Å². The third-order valence-corrected chi connectivity index (χ3v) is 7.08. The van der Waals surface area contributed by atoms with Gasteiger partial charge in [0.15, 0.2) is 0 Å². The van der Waals surface area contributed by atoms with Crippen LogP contribution in [0, 0.1) is 35.5 Å². The first-order valence-electron chi connectivity index (χ1n) is 10.1. The standard InChI is InChI=1S/C21H40/c1-16-14-20-12-13-21(15-16)19(4)17(2)10-8-6-5-7-9-11-18(20)3/h16-21H,5-15H2,1-4H3. The Labute approximate surface area is 134 Å². The fourth-order valence-corrected chi connectivity index (χ4v) is 5.21. The van der Waals surface area contributed by atoms with Gasteiger partial charge in [0.1, 0.15) is 0 Å². The Kier molecular flexibility index (Phi) is 7.10. The summed E-state index contributed by atoms with van der Waals surface area (Å²) in [6, 6.07) is 0. The summed E-state index contributed by atoms with van der Waals surface area (Å²) in [7, 11) is 0. The first-order valence-corrected chi connectivity index (χ1v) is 10.1. The lowest BCUT2D eigenvalue weighted by molar-refractivity contribution is 0.208. The maximum Gasteiger partial charge on any atom is -0.0383 e. The highest BCUT2D eigenvalue weighted by atomic mass is 14.4. The molecule has 0 amide bonds. The van der Waals surface area contributed by atoms with Crippen molar-refractivity contribution >= 4 is 0 Å². The van der Waals surface area contributed by atoms with Crippen molar-refractivity contribution in [1.29, 1.82) is 0 Å². The van der Waals surface area contributed by atoms with Crippen molar-refractivity contribution < 1.29 is 0 Å². The zero-order valence-corrected chi connectivity index (χ0v) is 15.2. The quantitative estimate of drug-likeness (QED) is 0.447. The van der Waals surface area contributed by atoms with Crippen molar-refractivity contribution in [2.75, 3.05) is 0 Å². The van der Waals surface area contributed by atoms with Gasteiger partial charge in [0.2, 0.25) is 0 Å². The summed E-state index contributed by atoms with van der Waals surface area (Å²) in [4.78, 5) is 0. The van der Waals surface area contributed by atoms with Crippen LogP contribution in [0.1, 0.15) is 98.3 Å². The third kappa shape index (κ3) is 5.29. The Balaban J connectivity index is 2.04. The van der Waals surface area contributed by atoms with Crippen LogP contribution in [0.25, 0.3) is 0 Å². The Morgan fingerprint density at radius 3 is 1.76 bits per heavy atom. The van der Waals surface area contributed by atoms with Crippen molar-refractivity contribution in [3.05, 3.63) is 0 Å². The minimum atomic E-state index is 0.944. The normalized spacial score (nSPS) is 44.0. The summed E-state index contributed by atoms with van der Waals surface area (Å²) in [6.07, 6.45) is 16.5. The molecule has 6 unspecified atom stereocenters. The van der Waals surface area contributed by atoms with Gasteiger partial charge in [-0.3, -0.25) is 0 Å². The van der Waals surface area contributed by atoms with E-state index in [0.717, 1.165) is 35.5 Å². The van der Waals surface area contributed by atoms with Crippen molar-refractivity contribution in [2.24, 2.45) is 35.5 Å². The molecule has 0 aromatic carbocycles. The van der Waals surface area contributed by atoms with Crippen molar-refractivity contribution in [3.8, 4) is 0 Å². The minimum Gasteiger partial charge on any atom is -0.0625 e. The molecule has 6 atom stereocenters. The smallest absolute Gasteiger partial charge is 0.0383 e. The predicted octanol–water partition coefficient (Wildman–Crippen LogP) is 7.08. The maximum absolute atomic E-state index is 2.57. The summed E-state index contributed by atoms with van der Waals surface area (Å²) in [5.41, 5.74) is 0. The molecule has 0 N–H and O–H groups in total. The lowest BCUT2D eigenvalue weighted by Crippen LogP contribution is -2.20. The highest BCUT2D eigenvalue weighted by molar-refractivity contribution is 4.81. The lowest BCUT2D eigenvalue weighted by atomic mass is 9.76. The average Bonchev–Trinajstić information content (AvgIpc) is 2.66. The van der Waals surface area contributed by atoms with E-state index in [4.69, 9.17) is 0 Å². The van der Waals surface area contributed by atoms with Gasteiger partial charge in [0.25, 0.3) is 0 Å². The van der Waals surface area contributed by atoms with Gasteiger partial charge in [-0.2, -0.15) is 0 Å². The fourth-order valence-electron chi connectivity index (χ4n) is 5.21. The molecule has 21 heavy (non-hydrogen) atoms. The van der Waals surface area contributed by atoms with Gasteiger partial charge in [-0.1, -0.05) is 72.6 Å². The minimum absolute atomic E-state index is 0.944. The molecule has 0 saturated heterocycles. The Morgan fingerprint density at radius 2 is 1.05 bits per heavy atom. The highest BCUT2D eigenvalue weighted by Crippen LogP contribution is 2.41. The van der Waals surface area contributed by atoms with Crippen LogP contribution in [0.3, 0.4) is 0 Å². The number of hydrogen-bond donors (Lipinski definition) is 0. The highest BCUT2D eigenvalue weighted by Gasteiger charge is 2.30. The van der Waals surface area contributed by atoms with E-state index in [-0.39, 0.29) is 0 Å². The molecular weight excluding hydrogens is 252 g/mol. The molecule has 2 saturated carbocycles. The number of rotatable bonds is 0. The van der Waals surface area contributed by atoms with Crippen molar-refractivity contribution in [3.63, 3.8) is 0 Å². The predicted molar refractivity (Wildman–Crippen MR) is 94.4 cm³/mol. The Morgan fingerprint density at radius 1 is 0.524 bits per heavy atom. The molecule has 2 bridgehead atoms. The van der Waals surface area contributed by atoms with Crippen LogP contribution >= 0.6 is 0 Å². The molecular formula is C21H40. The van der Waals surface area contributed by atoms with Crippen LogP contribution in [-0.4, -0.2) is 0 Å². The van der Waals surface area contributed by atoms with E-state index >= 15 is 0 Å². The molecule has 0 nitrogen and oxygen atoms in total. The zero-order chi connectivity index (χ0) is 15.2. The van der Waals surface area contributed by atoms with E-state index in [1.165, 1.54) is 70.6 Å². The second-order valence-corrected chi connectivity index (χ2v) is 8.83. The molecule has 0 aliphatic heterocycles. The van der Waals surface area contributed by atoms with Crippen LogP contribution < -0.4 is 0 Å². The molecule has 2 rings (SSSR count). The molecule has 2 fully saturated rings. The number of fused-ring (bicyclic) bond motifs is 3. The van der Waals surface area contributed by atoms with E-state index in [2.05, 4.69) is 27.7 Å². The van der Waals surface area contributed by atoms with Crippen LogP contribution in [-0.2, 0) is 0 Å². The first-order chi connectivity index (χ1) is 10.1. The van der Waals surface area contributed by atoms with Crippen LogP contribution in [0.5, 0.6) is 0 Å². The zero-order valence-electron chi connectivity index (χ0n) is 15.2. The molecule has 0 aromatic rings. The summed E-state index contributed by atoms with van der Waals surface area (Å²) >= 11 is 0. The molecule has 2 aliphatic rings. The third-order valence-electron chi connectivity index (χ3n) is 7.08. The second kappa shape index (κ2) is 8.59. The molecule has 2 aliphatic carbocycles. The van der Waals surface area contributed by atoms with Crippen LogP contribution in [0.15, 0.2) is 0 Å². The summed E-state index contributed by atoms with van der Waals surface area (Å²) in [6.45, 7) is 10.2. The molecule has 0 radical (unpaired) electrons. The molecule has 0 spiro atoms. The van der Waals surface area contributed by atoms with Gasteiger partial charge < -0.3 is 0 Å². The van der Waals surface area contributed by atoms with Crippen molar-refractivity contribution in [1.82, 2.24) is 0 Å². The number of hydrogen-bond acceptors (Lipinski definition) is 0. The summed E-state index contributed by atoms with van der Waals surface area (Å²) < 4.78 is 0. The van der Waals surface area contributed by atoms with E-state index in [0.29, 0.717) is 0 Å². The monoisotopic (exact) mass is 292 g/mol. The van der Waals surface area contributed by atoms with Gasteiger partial charge in [-0.25, -0.2) is 0 Å². The Hall–Kier alpha value is 0. The van der Waals surface area contributed by atoms with Gasteiger partial charge in [-0.15, -0.1) is 0 Å². The van der Waals surface area contributed by atoms with Crippen LogP contribution in [0.2, 0.25) is 0 Å². The van der Waals surface area contributed by atoms with Crippen LogP contribution in [0.4, 0.5) is 0 Å². The largest absolute Gasteiger partial charge is 0.0625 e. The van der Waals surface area contributed by atoms with E-state index in [1.54, 1.807) is 0 Å². The molecule has 0 heterocycles. The molecule has 0 aromatic heterocycles. The fraction of sp³-hybridized carbons (Fsp3) is 1.00. The first kappa shape index (κ1) is 17.4.